The van der Waals surface area contributed by atoms with Gasteiger partial charge in [-0.1, -0.05) is 13.8 Å². The molecule has 0 fully saturated rings. The zero-order valence-electron chi connectivity index (χ0n) is 7.67. The predicted octanol–water partition coefficient (Wildman–Crippen LogP) is 0.756. The summed E-state index contributed by atoms with van der Waals surface area (Å²) >= 11 is 1.67. The molecule has 3 nitrogen and oxygen atoms in total. The number of hydrogen-bond donors (Lipinski definition) is 2. The van der Waals surface area contributed by atoms with E-state index in [4.69, 9.17) is 10.8 Å². The minimum atomic E-state index is -0.267. The highest BCUT2D eigenvalue weighted by atomic mass is 32.2. The van der Waals surface area contributed by atoms with Gasteiger partial charge in [-0.25, -0.2) is 0 Å². The highest BCUT2D eigenvalue weighted by Crippen LogP contribution is 2.27. The number of amides is 1. The number of thioether (sulfide) groups is 1. The molecule has 0 aromatic rings. The van der Waals surface area contributed by atoms with E-state index in [1.165, 1.54) is 0 Å². The van der Waals surface area contributed by atoms with Crippen LogP contribution in [0.15, 0.2) is 0 Å². The number of carbonyl (C=O) groups is 1. The lowest BCUT2D eigenvalue weighted by molar-refractivity contribution is -0.118. The normalized spacial score (nSPS) is 11.6. The van der Waals surface area contributed by atoms with E-state index in [9.17, 15) is 4.79 Å². The molecule has 3 N–H and O–H groups in total. The van der Waals surface area contributed by atoms with Gasteiger partial charge >= 0.3 is 0 Å². The first-order valence-electron chi connectivity index (χ1n) is 4.01. The second kappa shape index (κ2) is 5.43. The maximum Gasteiger partial charge on any atom is 0.218 e. The lowest BCUT2D eigenvalue weighted by Crippen LogP contribution is -2.25. The Morgan fingerprint density at radius 3 is 2.58 bits per heavy atom. The second-order valence-corrected chi connectivity index (χ2v) is 5.13. The number of carbonyl (C=O) groups excluding carboxylic acids is 1. The molecule has 0 unspecified atom stereocenters. The summed E-state index contributed by atoms with van der Waals surface area (Å²) in [6.45, 7) is 4.18. The Hall–Kier alpha value is -0.220. The number of primary amides is 1. The maximum absolute atomic E-state index is 10.6. The SMILES string of the molecule is CC(C)(CC(N)=O)SCCCO. The first-order chi connectivity index (χ1) is 5.48. The van der Waals surface area contributed by atoms with Crippen LogP contribution in [-0.2, 0) is 4.79 Å². The van der Waals surface area contributed by atoms with Gasteiger partial charge in [-0.05, 0) is 12.2 Å². The van der Waals surface area contributed by atoms with E-state index >= 15 is 0 Å². The van der Waals surface area contributed by atoms with Crippen molar-refractivity contribution in [2.75, 3.05) is 12.4 Å². The maximum atomic E-state index is 10.6. The lowest BCUT2D eigenvalue weighted by atomic mass is 10.1. The van der Waals surface area contributed by atoms with Crippen LogP contribution in [0.2, 0.25) is 0 Å². The number of nitrogens with two attached hydrogens (primary N) is 1. The van der Waals surface area contributed by atoms with Crippen LogP contribution in [0.5, 0.6) is 0 Å². The zero-order valence-corrected chi connectivity index (χ0v) is 8.49. The fraction of sp³-hybridized carbons (Fsp3) is 0.875. The van der Waals surface area contributed by atoms with Crippen LogP contribution in [0.3, 0.4) is 0 Å². The third-order valence-corrected chi connectivity index (χ3v) is 2.81. The Bertz CT molecular complexity index is 148. The minimum absolute atomic E-state index is 0.0962. The summed E-state index contributed by atoms with van der Waals surface area (Å²) in [5, 5.41) is 8.54. The van der Waals surface area contributed by atoms with E-state index in [2.05, 4.69) is 0 Å². The average Bonchev–Trinajstić information content (AvgIpc) is 1.84. The Kier molecular flexibility index (Phi) is 5.33. The molecule has 4 heteroatoms. The molecule has 0 aromatic carbocycles. The van der Waals surface area contributed by atoms with Crippen molar-refractivity contribution in [2.24, 2.45) is 5.73 Å². The third-order valence-electron chi connectivity index (χ3n) is 1.40. The van der Waals surface area contributed by atoms with E-state index in [1.54, 1.807) is 11.8 Å². The monoisotopic (exact) mass is 191 g/mol. The van der Waals surface area contributed by atoms with Crippen molar-refractivity contribution >= 4 is 17.7 Å². The van der Waals surface area contributed by atoms with Gasteiger partial charge in [-0.3, -0.25) is 4.79 Å². The molecule has 0 aliphatic carbocycles. The highest BCUT2D eigenvalue weighted by Gasteiger charge is 2.20. The molecule has 0 bridgehead atoms. The fourth-order valence-corrected chi connectivity index (χ4v) is 1.95. The number of rotatable bonds is 6. The second-order valence-electron chi connectivity index (χ2n) is 3.33. The van der Waals surface area contributed by atoms with E-state index in [0.717, 1.165) is 12.2 Å². The molecular formula is C8H17NO2S. The predicted molar refractivity (Wildman–Crippen MR) is 52.1 cm³/mol. The van der Waals surface area contributed by atoms with Crippen LogP contribution < -0.4 is 5.73 Å². The lowest BCUT2D eigenvalue weighted by Gasteiger charge is -2.21. The Balaban J connectivity index is 3.63. The molecule has 12 heavy (non-hydrogen) atoms. The zero-order chi connectivity index (χ0) is 9.61. The molecule has 0 radical (unpaired) electrons. The van der Waals surface area contributed by atoms with E-state index in [1.807, 2.05) is 13.8 Å². The highest BCUT2D eigenvalue weighted by molar-refractivity contribution is 8.00. The smallest absolute Gasteiger partial charge is 0.218 e. The van der Waals surface area contributed by atoms with Gasteiger partial charge in [0, 0.05) is 17.8 Å². The summed E-state index contributed by atoms with van der Waals surface area (Å²) in [5.41, 5.74) is 5.08. The van der Waals surface area contributed by atoms with Crippen molar-refractivity contribution in [1.29, 1.82) is 0 Å². The molecule has 0 spiro atoms. The van der Waals surface area contributed by atoms with Crippen LogP contribution in [0, 0.1) is 0 Å². The Labute approximate surface area is 77.7 Å². The van der Waals surface area contributed by atoms with Gasteiger partial charge in [0.05, 0.1) is 0 Å². The average molecular weight is 191 g/mol. The van der Waals surface area contributed by atoms with E-state index in [-0.39, 0.29) is 17.3 Å². The van der Waals surface area contributed by atoms with Crippen molar-refractivity contribution in [3.8, 4) is 0 Å². The summed E-state index contributed by atoms with van der Waals surface area (Å²) in [6, 6.07) is 0. The van der Waals surface area contributed by atoms with Gasteiger partial charge < -0.3 is 10.8 Å². The van der Waals surface area contributed by atoms with Crippen LogP contribution in [-0.4, -0.2) is 28.1 Å². The summed E-state index contributed by atoms with van der Waals surface area (Å²) in [6.07, 6.45) is 1.16. The van der Waals surface area contributed by atoms with Gasteiger partial charge in [-0.15, -0.1) is 0 Å². The molecule has 1 amide bonds. The van der Waals surface area contributed by atoms with Crippen molar-refractivity contribution in [1.82, 2.24) is 0 Å². The summed E-state index contributed by atoms with van der Waals surface area (Å²) in [5.74, 6) is 0.605. The van der Waals surface area contributed by atoms with E-state index in [0.29, 0.717) is 6.42 Å². The van der Waals surface area contributed by atoms with Gasteiger partial charge in [-0.2, -0.15) is 11.8 Å². The van der Waals surface area contributed by atoms with Gasteiger partial charge in [0.2, 0.25) is 5.91 Å². The summed E-state index contributed by atoms with van der Waals surface area (Å²) in [4.78, 5) is 10.6. The van der Waals surface area contributed by atoms with Crippen LogP contribution >= 0.6 is 11.8 Å². The molecule has 0 saturated carbocycles. The van der Waals surface area contributed by atoms with Crippen LogP contribution in [0.4, 0.5) is 0 Å². The Morgan fingerprint density at radius 1 is 1.58 bits per heavy atom. The number of aliphatic hydroxyl groups excluding tert-OH is 1. The summed E-state index contributed by atoms with van der Waals surface area (Å²) < 4.78 is -0.0962. The van der Waals surface area contributed by atoms with Crippen molar-refractivity contribution < 1.29 is 9.90 Å². The Morgan fingerprint density at radius 2 is 2.17 bits per heavy atom. The molecule has 0 aliphatic heterocycles. The molecule has 0 rings (SSSR count). The van der Waals surface area contributed by atoms with Gasteiger partial charge in [0.25, 0.3) is 0 Å². The topological polar surface area (TPSA) is 63.3 Å². The largest absolute Gasteiger partial charge is 0.396 e. The summed E-state index contributed by atoms with van der Waals surface area (Å²) in [7, 11) is 0. The molecule has 0 aliphatic rings. The number of hydrogen-bond acceptors (Lipinski definition) is 3. The fourth-order valence-electron chi connectivity index (χ4n) is 0.884. The first-order valence-corrected chi connectivity index (χ1v) is 4.99. The first kappa shape index (κ1) is 11.8. The molecular weight excluding hydrogens is 174 g/mol. The van der Waals surface area contributed by atoms with Crippen molar-refractivity contribution in [3.05, 3.63) is 0 Å². The van der Waals surface area contributed by atoms with Crippen LogP contribution in [0.25, 0.3) is 0 Å². The minimum Gasteiger partial charge on any atom is -0.396 e. The van der Waals surface area contributed by atoms with Crippen LogP contribution in [0.1, 0.15) is 26.7 Å². The molecule has 0 atom stereocenters. The number of aliphatic hydroxyl groups is 1. The van der Waals surface area contributed by atoms with E-state index < -0.39 is 0 Å². The molecule has 0 heterocycles. The third kappa shape index (κ3) is 6.49. The van der Waals surface area contributed by atoms with Crippen molar-refractivity contribution in [2.45, 2.75) is 31.4 Å². The molecule has 0 saturated heterocycles. The van der Waals surface area contributed by atoms with Gasteiger partial charge in [0.1, 0.15) is 0 Å². The quantitative estimate of drug-likeness (QED) is 0.609. The van der Waals surface area contributed by atoms with Gasteiger partial charge in [0.15, 0.2) is 0 Å². The molecule has 72 valence electrons. The standard InChI is InChI=1S/C8H17NO2S/c1-8(2,6-7(9)11)12-5-3-4-10/h10H,3-6H2,1-2H3,(H2,9,11). The van der Waals surface area contributed by atoms with Crippen molar-refractivity contribution in [3.63, 3.8) is 0 Å². The molecule has 0 aromatic heterocycles.